The lowest BCUT2D eigenvalue weighted by molar-refractivity contribution is -0.129. The molecule has 11 heteroatoms. The number of anilines is 1. The molecule has 178 valence electrons. The van der Waals surface area contributed by atoms with E-state index in [1.807, 2.05) is 37.3 Å². The number of furan rings is 1. The normalized spacial score (nSPS) is 16.5. The van der Waals surface area contributed by atoms with Crippen LogP contribution in [0.25, 0.3) is 28.3 Å². The van der Waals surface area contributed by atoms with Gasteiger partial charge in [-0.15, -0.1) is 5.10 Å². The Kier molecular flexibility index (Phi) is 4.99. The maximum atomic E-state index is 13.9. The monoisotopic (exact) mass is 472 g/mol. The molecule has 0 aliphatic carbocycles. The molecule has 0 bridgehead atoms. The van der Waals surface area contributed by atoms with E-state index in [1.54, 1.807) is 29.3 Å². The molecule has 1 atom stereocenters. The summed E-state index contributed by atoms with van der Waals surface area (Å²) < 4.78 is 14.0. The van der Waals surface area contributed by atoms with Crippen LogP contribution in [0.1, 0.15) is 25.3 Å². The zero-order chi connectivity index (χ0) is 24.0. The van der Waals surface area contributed by atoms with E-state index in [4.69, 9.17) is 14.9 Å². The van der Waals surface area contributed by atoms with Crippen LogP contribution in [0.2, 0.25) is 0 Å². The number of rotatable bonds is 5. The number of nitrogens with one attached hydrogen (secondary N) is 1. The summed E-state index contributed by atoms with van der Waals surface area (Å²) in [6.07, 6.45) is 4.72. The number of ether oxygens (including phenoxy) is 1. The minimum atomic E-state index is -1.19. The predicted octanol–water partition coefficient (Wildman–Crippen LogP) is 2.37. The molecule has 0 spiro atoms. The molecule has 1 fully saturated rings. The van der Waals surface area contributed by atoms with Crippen molar-refractivity contribution in [3.8, 4) is 11.6 Å². The van der Waals surface area contributed by atoms with Crippen molar-refractivity contribution in [3.05, 3.63) is 60.5 Å². The van der Waals surface area contributed by atoms with Crippen LogP contribution >= 0.6 is 0 Å². The number of hydrogen-bond donors (Lipinski definition) is 2. The third kappa shape index (κ3) is 3.43. The van der Waals surface area contributed by atoms with Crippen molar-refractivity contribution >= 4 is 28.5 Å². The van der Waals surface area contributed by atoms with Crippen LogP contribution in [0.5, 0.6) is 0 Å². The average Bonchev–Trinajstić information content (AvgIpc) is 3.64. The maximum Gasteiger partial charge on any atom is 0.252 e. The van der Waals surface area contributed by atoms with Gasteiger partial charge in [0.1, 0.15) is 0 Å². The van der Waals surface area contributed by atoms with Crippen molar-refractivity contribution < 1.29 is 13.9 Å². The largest absolute Gasteiger partial charge is 0.461 e. The minimum absolute atomic E-state index is 0.0261. The fourth-order valence-electron chi connectivity index (χ4n) is 4.53. The summed E-state index contributed by atoms with van der Waals surface area (Å²) in [4.78, 5) is 23.1. The molecule has 3 N–H and O–H groups in total. The summed E-state index contributed by atoms with van der Waals surface area (Å²) in [7, 11) is 0. The van der Waals surface area contributed by atoms with Gasteiger partial charge in [0.15, 0.2) is 22.6 Å². The second kappa shape index (κ2) is 8.20. The van der Waals surface area contributed by atoms with E-state index in [1.165, 1.54) is 4.52 Å². The number of nitrogen functional groups attached to an aromatic ring is 1. The van der Waals surface area contributed by atoms with Crippen LogP contribution in [0, 0.1) is 0 Å². The molecule has 4 aromatic heterocycles. The SMILES string of the molecule is CC(C(=O)NC1CCOCC1)(c1ccccc1)n1ncc2c1nc(N)n1nc(-c3ccco3)nc21. The number of aromatic nitrogens is 6. The molecule has 0 saturated carbocycles. The van der Waals surface area contributed by atoms with Gasteiger partial charge in [-0.05, 0) is 37.5 Å². The van der Waals surface area contributed by atoms with E-state index in [9.17, 15) is 4.79 Å². The molecule has 6 rings (SSSR count). The van der Waals surface area contributed by atoms with E-state index in [2.05, 4.69) is 25.5 Å². The highest BCUT2D eigenvalue weighted by Gasteiger charge is 2.41. The van der Waals surface area contributed by atoms with Gasteiger partial charge in [-0.25, -0.2) is 9.67 Å². The number of nitrogens with zero attached hydrogens (tertiary/aromatic N) is 6. The number of carbonyl (C=O) groups is 1. The highest BCUT2D eigenvalue weighted by atomic mass is 16.5. The third-order valence-electron chi connectivity index (χ3n) is 6.53. The number of carbonyl (C=O) groups excluding carboxylic acids is 1. The van der Waals surface area contributed by atoms with Crippen molar-refractivity contribution in [2.45, 2.75) is 31.3 Å². The Hall–Kier alpha value is -4.25. The lowest BCUT2D eigenvalue weighted by atomic mass is 9.90. The van der Waals surface area contributed by atoms with E-state index < -0.39 is 5.54 Å². The molecule has 1 amide bonds. The van der Waals surface area contributed by atoms with Crippen LogP contribution in [0.3, 0.4) is 0 Å². The Labute approximate surface area is 199 Å². The van der Waals surface area contributed by atoms with Crippen molar-refractivity contribution in [2.75, 3.05) is 18.9 Å². The van der Waals surface area contributed by atoms with Gasteiger partial charge in [-0.3, -0.25) is 4.79 Å². The summed E-state index contributed by atoms with van der Waals surface area (Å²) in [5.41, 5.74) is 6.78. The third-order valence-corrected chi connectivity index (χ3v) is 6.53. The molecular formula is C24H24N8O3. The van der Waals surface area contributed by atoms with Gasteiger partial charge in [0.25, 0.3) is 5.91 Å². The first kappa shape index (κ1) is 21.3. The van der Waals surface area contributed by atoms with Crippen LogP contribution < -0.4 is 11.1 Å². The molecule has 5 heterocycles. The van der Waals surface area contributed by atoms with Crippen LogP contribution in [-0.2, 0) is 15.1 Å². The van der Waals surface area contributed by atoms with Crippen molar-refractivity contribution in [2.24, 2.45) is 0 Å². The highest BCUT2D eigenvalue weighted by Crippen LogP contribution is 2.32. The Bertz CT molecular complexity index is 1500. The molecule has 0 radical (unpaired) electrons. The topological polar surface area (TPSA) is 138 Å². The molecule has 1 unspecified atom stereocenters. The molecular weight excluding hydrogens is 448 g/mol. The summed E-state index contributed by atoms with van der Waals surface area (Å²) in [6, 6.07) is 13.1. The molecule has 1 aliphatic heterocycles. The van der Waals surface area contributed by atoms with Crippen molar-refractivity contribution in [1.82, 2.24) is 34.7 Å². The Balaban J connectivity index is 1.51. The second-order valence-electron chi connectivity index (χ2n) is 8.71. The van der Waals surface area contributed by atoms with E-state index in [0.29, 0.717) is 41.5 Å². The Morgan fingerprint density at radius 3 is 2.66 bits per heavy atom. The van der Waals surface area contributed by atoms with Gasteiger partial charge in [-0.1, -0.05) is 30.3 Å². The Morgan fingerprint density at radius 2 is 1.91 bits per heavy atom. The molecule has 5 aromatic rings. The minimum Gasteiger partial charge on any atom is -0.461 e. The molecule has 1 aliphatic rings. The predicted molar refractivity (Wildman–Crippen MR) is 127 cm³/mol. The van der Waals surface area contributed by atoms with Crippen molar-refractivity contribution in [1.29, 1.82) is 0 Å². The van der Waals surface area contributed by atoms with E-state index in [-0.39, 0.29) is 17.9 Å². The smallest absolute Gasteiger partial charge is 0.252 e. The number of nitrogens with two attached hydrogens (primary N) is 1. The first-order chi connectivity index (χ1) is 17.1. The number of amides is 1. The molecule has 11 nitrogen and oxygen atoms in total. The van der Waals surface area contributed by atoms with Crippen LogP contribution in [0.4, 0.5) is 5.95 Å². The lowest BCUT2D eigenvalue weighted by Gasteiger charge is -2.33. The van der Waals surface area contributed by atoms with Gasteiger partial charge in [0.05, 0.1) is 17.8 Å². The lowest BCUT2D eigenvalue weighted by Crippen LogP contribution is -2.52. The number of fused-ring (bicyclic) bond motifs is 3. The van der Waals surface area contributed by atoms with Crippen LogP contribution in [-0.4, -0.2) is 54.5 Å². The summed E-state index contributed by atoms with van der Waals surface area (Å²) in [6.45, 7) is 3.08. The number of benzene rings is 1. The number of hydrogen-bond acceptors (Lipinski definition) is 8. The zero-order valence-electron chi connectivity index (χ0n) is 19.1. The van der Waals surface area contributed by atoms with Gasteiger partial charge < -0.3 is 20.2 Å². The second-order valence-corrected chi connectivity index (χ2v) is 8.71. The van der Waals surface area contributed by atoms with Gasteiger partial charge in [0, 0.05) is 19.3 Å². The van der Waals surface area contributed by atoms with E-state index in [0.717, 1.165) is 18.4 Å². The fraction of sp³-hybridized carbons (Fsp3) is 0.292. The van der Waals surface area contributed by atoms with Crippen molar-refractivity contribution in [3.63, 3.8) is 0 Å². The van der Waals surface area contributed by atoms with Gasteiger partial charge in [-0.2, -0.15) is 14.6 Å². The molecule has 1 aromatic carbocycles. The maximum absolute atomic E-state index is 13.9. The summed E-state index contributed by atoms with van der Waals surface area (Å²) >= 11 is 0. The quantitative estimate of drug-likeness (QED) is 0.398. The molecule has 35 heavy (non-hydrogen) atoms. The summed E-state index contributed by atoms with van der Waals surface area (Å²) in [5.74, 6) is 0.837. The average molecular weight is 473 g/mol. The van der Waals surface area contributed by atoms with E-state index >= 15 is 0 Å². The van der Waals surface area contributed by atoms with Crippen LogP contribution in [0.15, 0.2) is 59.3 Å². The fourth-order valence-corrected chi connectivity index (χ4v) is 4.53. The van der Waals surface area contributed by atoms with Gasteiger partial charge in [0.2, 0.25) is 11.8 Å². The first-order valence-electron chi connectivity index (χ1n) is 11.4. The molecule has 1 saturated heterocycles. The van der Waals surface area contributed by atoms with Gasteiger partial charge >= 0.3 is 0 Å². The highest BCUT2D eigenvalue weighted by molar-refractivity contribution is 5.94. The zero-order valence-corrected chi connectivity index (χ0v) is 19.1. The summed E-state index contributed by atoms with van der Waals surface area (Å²) in [5, 5.41) is 12.9. The standard InChI is InChI=1S/C24H24N8O3/c1-24(15-6-3-2-4-7-15,22(33)27-16-9-12-34-13-10-16)32-21-17(14-26-32)20-28-19(18-8-5-11-35-18)30-31(20)23(25)29-21/h2-8,11,14,16H,9-10,12-13H2,1H3,(H2,25,29)(H,27,33). The first-order valence-corrected chi connectivity index (χ1v) is 11.4. The Morgan fingerprint density at radius 1 is 1.11 bits per heavy atom.